The molecule has 112 valence electrons. The molecule has 2 N–H and O–H groups in total. The molecule has 1 aromatic rings. The fraction of sp³-hybridized carbons (Fsp3) is 0.500. The summed E-state index contributed by atoms with van der Waals surface area (Å²) < 4.78 is 4.72. The number of ether oxygens (including phenoxy) is 1. The zero-order valence-electron chi connectivity index (χ0n) is 12.1. The molecular weight excluding hydrogens is 284 g/mol. The van der Waals surface area contributed by atoms with Gasteiger partial charge in [-0.05, 0) is 61.5 Å². The van der Waals surface area contributed by atoms with Crippen molar-refractivity contribution in [1.82, 2.24) is 5.32 Å². The van der Waals surface area contributed by atoms with E-state index in [4.69, 9.17) is 17.0 Å². The van der Waals surface area contributed by atoms with Crippen molar-refractivity contribution in [2.24, 2.45) is 11.8 Å². The van der Waals surface area contributed by atoms with Crippen LogP contribution in [0.3, 0.4) is 0 Å². The summed E-state index contributed by atoms with van der Waals surface area (Å²) in [7, 11) is 1.38. The van der Waals surface area contributed by atoms with Crippen molar-refractivity contribution in [2.45, 2.75) is 31.7 Å². The Bertz CT molecular complexity index is 561. The van der Waals surface area contributed by atoms with E-state index in [1.165, 1.54) is 32.8 Å². The van der Waals surface area contributed by atoms with Crippen LogP contribution < -0.4 is 10.6 Å². The molecule has 2 bridgehead atoms. The topological polar surface area (TPSA) is 50.4 Å². The minimum absolute atomic E-state index is 0.342. The first-order chi connectivity index (χ1) is 10.2. The Labute approximate surface area is 130 Å². The maximum atomic E-state index is 11.5. The number of benzene rings is 1. The summed E-state index contributed by atoms with van der Waals surface area (Å²) in [5.74, 6) is 1.32. The molecule has 1 aromatic carbocycles. The van der Waals surface area contributed by atoms with E-state index in [1.54, 1.807) is 12.1 Å². The van der Waals surface area contributed by atoms with E-state index in [0.717, 1.165) is 17.5 Å². The Morgan fingerprint density at radius 3 is 2.86 bits per heavy atom. The van der Waals surface area contributed by atoms with Crippen molar-refractivity contribution in [2.75, 3.05) is 12.4 Å². The monoisotopic (exact) mass is 304 g/mol. The number of carbonyl (C=O) groups is 1. The van der Waals surface area contributed by atoms with Crippen molar-refractivity contribution >= 4 is 29.0 Å². The molecule has 0 aliphatic heterocycles. The molecule has 4 nitrogen and oxygen atoms in total. The molecule has 3 rings (SSSR count). The smallest absolute Gasteiger partial charge is 0.337 e. The summed E-state index contributed by atoms with van der Waals surface area (Å²) in [5.41, 5.74) is 1.32. The van der Waals surface area contributed by atoms with Crippen LogP contribution in [-0.4, -0.2) is 24.2 Å². The molecule has 2 fully saturated rings. The predicted molar refractivity (Wildman–Crippen MR) is 86.4 cm³/mol. The molecule has 0 radical (unpaired) electrons. The van der Waals surface area contributed by atoms with E-state index in [-0.39, 0.29) is 5.97 Å². The minimum Gasteiger partial charge on any atom is -0.465 e. The lowest BCUT2D eigenvalue weighted by molar-refractivity contribution is 0.0601. The number of carbonyl (C=O) groups excluding carboxylic acids is 1. The van der Waals surface area contributed by atoms with E-state index in [9.17, 15) is 4.79 Å². The average Bonchev–Trinajstić information content (AvgIpc) is 3.09. The van der Waals surface area contributed by atoms with Crippen LogP contribution in [0.5, 0.6) is 0 Å². The normalized spacial score (nSPS) is 26.4. The van der Waals surface area contributed by atoms with Crippen molar-refractivity contribution < 1.29 is 9.53 Å². The molecular formula is C16H20N2O2S. The number of methoxy groups -OCH3 is 1. The number of esters is 1. The minimum atomic E-state index is -0.342. The maximum absolute atomic E-state index is 11.5. The highest BCUT2D eigenvalue weighted by molar-refractivity contribution is 7.80. The first kappa shape index (κ1) is 14.3. The first-order valence-corrected chi connectivity index (χ1v) is 7.82. The number of thiocarbonyl (C=S) groups is 1. The van der Waals surface area contributed by atoms with E-state index in [1.807, 2.05) is 12.1 Å². The van der Waals surface area contributed by atoms with Gasteiger partial charge in [-0.25, -0.2) is 4.79 Å². The van der Waals surface area contributed by atoms with Crippen LogP contribution in [0.1, 0.15) is 36.0 Å². The van der Waals surface area contributed by atoms with Crippen LogP contribution in [0.4, 0.5) is 5.69 Å². The third-order valence-corrected chi connectivity index (χ3v) is 4.82. The Balaban J connectivity index is 1.58. The first-order valence-electron chi connectivity index (χ1n) is 7.41. The number of anilines is 1. The molecule has 3 unspecified atom stereocenters. The standard InChI is InChI=1S/C16H20N2O2S/c1-20-15(19)12-3-2-4-13(9-12)17-16(21)18-14-8-10-5-6-11(14)7-10/h2-4,9-11,14H,5-8H2,1H3,(H2,17,18,21). The summed E-state index contributed by atoms with van der Waals surface area (Å²) >= 11 is 5.39. The number of hydrogen-bond acceptors (Lipinski definition) is 3. The molecule has 2 saturated carbocycles. The van der Waals surface area contributed by atoms with Crippen molar-refractivity contribution in [1.29, 1.82) is 0 Å². The summed E-state index contributed by atoms with van der Waals surface area (Å²) in [4.78, 5) is 11.5. The van der Waals surface area contributed by atoms with Crippen LogP contribution >= 0.6 is 12.2 Å². The lowest BCUT2D eigenvalue weighted by atomic mass is 9.96. The quantitative estimate of drug-likeness (QED) is 0.664. The highest BCUT2D eigenvalue weighted by atomic mass is 32.1. The van der Waals surface area contributed by atoms with Gasteiger partial charge in [0.05, 0.1) is 12.7 Å². The highest BCUT2D eigenvalue weighted by Crippen LogP contribution is 2.44. The van der Waals surface area contributed by atoms with Gasteiger partial charge in [0.2, 0.25) is 0 Å². The fourth-order valence-corrected chi connectivity index (χ4v) is 3.87. The van der Waals surface area contributed by atoms with Crippen molar-refractivity contribution in [3.8, 4) is 0 Å². The van der Waals surface area contributed by atoms with Crippen molar-refractivity contribution in [3.63, 3.8) is 0 Å². The van der Waals surface area contributed by atoms with Crippen LogP contribution in [0.2, 0.25) is 0 Å². The van der Waals surface area contributed by atoms with Crippen LogP contribution in [0.25, 0.3) is 0 Å². The number of rotatable bonds is 3. The van der Waals surface area contributed by atoms with E-state index < -0.39 is 0 Å². The zero-order chi connectivity index (χ0) is 14.8. The van der Waals surface area contributed by atoms with Gasteiger partial charge in [0.25, 0.3) is 0 Å². The predicted octanol–water partition coefficient (Wildman–Crippen LogP) is 2.95. The molecule has 2 aliphatic carbocycles. The molecule has 21 heavy (non-hydrogen) atoms. The molecule has 0 aromatic heterocycles. The van der Waals surface area contributed by atoms with Crippen LogP contribution in [0, 0.1) is 11.8 Å². The van der Waals surface area contributed by atoms with E-state index in [0.29, 0.717) is 16.7 Å². The second-order valence-corrected chi connectivity index (χ2v) is 6.36. The lowest BCUT2D eigenvalue weighted by Gasteiger charge is -2.24. The van der Waals surface area contributed by atoms with Crippen molar-refractivity contribution in [3.05, 3.63) is 29.8 Å². The van der Waals surface area contributed by atoms with Gasteiger partial charge in [-0.15, -0.1) is 0 Å². The third-order valence-electron chi connectivity index (χ3n) is 4.60. The van der Waals surface area contributed by atoms with Gasteiger partial charge in [-0.1, -0.05) is 12.5 Å². The molecule has 3 atom stereocenters. The van der Waals surface area contributed by atoms with E-state index >= 15 is 0 Å². The van der Waals surface area contributed by atoms with Gasteiger partial charge >= 0.3 is 5.97 Å². The molecule has 0 spiro atoms. The van der Waals surface area contributed by atoms with Gasteiger partial charge in [-0.2, -0.15) is 0 Å². The Morgan fingerprint density at radius 1 is 1.33 bits per heavy atom. The second-order valence-electron chi connectivity index (χ2n) is 5.95. The molecule has 5 heteroatoms. The number of fused-ring (bicyclic) bond motifs is 2. The molecule has 0 heterocycles. The van der Waals surface area contributed by atoms with Gasteiger partial charge in [-0.3, -0.25) is 0 Å². The third kappa shape index (κ3) is 3.18. The fourth-order valence-electron chi connectivity index (χ4n) is 3.60. The Hall–Kier alpha value is -1.62. The summed E-state index contributed by atoms with van der Waals surface area (Å²) in [6, 6.07) is 7.69. The maximum Gasteiger partial charge on any atom is 0.337 e. The van der Waals surface area contributed by atoms with Gasteiger partial charge < -0.3 is 15.4 Å². The van der Waals surface area contributed by atoms with Gasteiger partial charge in [0, 0.05) is 11.7 Å². The number of nitrogens with one attached hydrogen (secondary N) is 2. The van der Waals surface area contributed by atoms with Crippen LogP contribution in [0.15, 0.2) is 24.3 Å². The SMILES string of the molecule is COC(=O)c1cccc(NC(=S)NC2CC3CCC2C3)c1. The second kappa shape index (κ2) is 6.02. The van der Waals surface area contributed by atoms with E-state index in [2.05, 4.69) is 10.6 Å². The average molecular weight is 304 g/mol. The highest BCUT2D eigenvalue weighted by Gasteiger charge is 2.39. The largest absolute Gasteiger partial charge is 0.465 e. The summed E-state index contributed by atoms with van der Waals surface area (Å²) in [6.45, 7) is 0. The lowest BCUT2D eigenvalue weighted by Crippen LogP contribution is -2.40. The van der Waals surface area contributed by atoms with Crippen LogP contribution in [-0.2, 0) is 4.74 Å². The molecule has 0 saturated heterocycles. The Kier molecular flexibility index (Phi) is 4.10. The molecule has 0 amide bonds. The van der Waals surface area contributed by atoms with Gasteiger partial charge in [0.1, 0.15) is 0 Å². The number of hydrogen-bond donors (Lipinski definition) is 2. The summed E-state index contributed by atoms with van der Waals surface area (Å²) in [6.07, 6.45) is 5.28. The zero-order valence-corrected chi connectivity index (χ0v) is 12.9. The van der Waals surface area contributed by atoms with Gasteiger partial charge in [0.15, 0.2) is 5.11 Å². The Morgan fingerprint density at radius 2 is 2.19 bits per heavy atom. The summed E-state index contributed by atoms with van der Waals surface area (Å²) in [5, 5.41) is 7.22. The molecule has 2 aliphatic rings.